The summed E-state index contributed by atoms with van der Waals surface area (Å²) in [6.07, 6.45) is 9.14. The number of benzene rings is 2. The Morgan fingerprint density at radius 1 is 0.707 bits per heavy atom. The number of nitrogens with zero attached hydrogens (tertiary/aromatic N) is 4. The lowest BCUT2D eigenvalue weighted by Crippen LogP contribution is -2.39. The molecule has 0 fully saturated rings. The quantitative estimate of drug-likeness (QED) is 0.309. The van der Waals surface area contributed by atoms with Gasteiger partial charge in [-0.25, -0.2) is 23.5 Å². The van der Waals surface area contributed by atoms with Crippen LogP contribution in [0.1, 0.15) is 41.4 Å². The number of imidazole rings is 1. The van der Waals surface area contributed by atoms with E-state index < -0.39 is 29.8 Å². The summed E-state index contributed by atoms with van der Waals surface area (Å²) in [5.74, 6) is -5.69. The van der Waals surface area contributed by atoms with E-state index in [1.165, 1.54) is 57.7 Å². The molecular formula is C27H27N4O10+. The van der Waals surface area contributed by atoms with Gasteiger partial charge < -0.3 is 35.1 Å². The van der Waals surface area contributed by atoms with E-state index in [0.29, 0.717) is 0 Å². The van der Waals surface area contributed by atoms with E-state index in [4.69, 9.17) is 15.3 Å². The molecule has 2 aromatic carbocycles. The van der Waals surface area contributed by atoms with E-state index in [1.807, 2.05) is 42.0 Å². The first-order chi connectivity index (χ1) is 19.1. The van der Waals surface area contributed by atoms with Crippen LogP contribution in [0.4, 0.5) is 0 Å². The molecule has 1 aromatic heterocycles. The van der Waals surface area contributed by atoms with Gasteiger partial charge in [0, 0.05) is 0 Å². The number of aryl methyl sites for hydroxylation is 2. The number of carbonyl (C=O) groups excluding carboxylic acids is 2. The van der Waals surface area contributed by atoms with Crippen LogP contribution in [0.15, 0.2) is 79.7 Å². The second-order valence-corrected chi connectivity index (χ2v) is 8.09. The van der Waals surface area contributed by atoms with Gasteiger partial charge in [0.2, 0.25) is 24.7 Å². The maximum atomic E-state index is 10.3. The van der Waals surface area contributed by atoms with Crippen LogP contribution in [0.5, 0.6) is 0 Å². The SMILES string of the molecule is C=[N+]1C=C[N+](C)=C1C(=O)[O-].Cn1cc[n+](C)c1.O=C(O)c1ccc(C(=O)O)cc1.O=C([O-])c1ccc(C(=O)O)cc1. The Bertz CT molecular complexity index is 1350. The van der Waals surface area contributed by atoms with Gasteiger partial charge in [-0.3, -0.25) is 0 Å². The monoisotopic (exact) mass is 567 g/mol. The van der Waals surface area contributed by atoms with Gasteiger partial charge in [0.1, 0.15) is 26.2 Å². The fraction of sp³-hybridized carbons (Fsp3) is 0.111. The second-order valence-electron chi connectivity index (χ2n) is 8.09. The van der Waals surface area contributed by atoms with Gasteiger partial charge in [-0.15, -0.1) is 9.15 Å². The van der Waals surface area contributed by atoms with Crippen molar-refractivity contribution >= 4 is 42.4 Å². The number of carboxylic acid groups (broad SMARTS) is 5. The number of aromatic carboxylic acids is 4. The highest BCUT2D eigenvalue weighted by Gasteiger charge is 2.28. The lowest BCUT2D eigenvalue weighted by atomic mass is 10.1. The molecule has 0 bridgehead atoms. The summed E-state index contributed by atoms with van der Waals surface area (Å²) in [6.45, 7) is 3.44. The minimum Gasteiger partial charge on any atom is -0.545 e. The van der Waals surface area contributed by atoms with Crippen molar-refractivity contribution in [2.75, 3.05) is 7.05 Å². The Hall–Kier alpha value is -5.92. The number of aromatic nitrogens is 2. The molecule has 0 saturated heterocycles. The molecule has 2 heterocycles. The maximum absolute atomic E-state index is 10.3. The Labute approximate surface area is 233 Å². The van der Waals surface area contributed by atoms with Crippen LogP contribution in [-0.2, 0) is 18.9 Å². The fourth-order valence-electron chi connectivity index (χ4n) is 2.86. The standard InChI is InChI=1S/2C8H6O4.C6H7N2O2.C5H9N2/c2*9-7(10)5-1-2-6(4-3-5)8(11)12;1-7-3-4-8(2)5(7)6(9)10;1-6-3-4-7(2)5-6/h2*1-4H,(H,9,10)(H,11,12);3-4H,1H2,2H3;3-5H,1-2H3/q;;2*+1/p-1. The second kappa shape index (κ2) is 15.5. The first kappa shape index (κ1) is 33.1. The van der Waals surface area contributed by atoms with Crippen molar-refractivity contribution in [2.24, 2.45) is 14.1 Å². The van der Waals surface area contributed by atoms with Gasteiger partial charge >= 0.3 is 23.7 Å². The predicted molar refractivity (Wildman–Crippen MR) is 137 cm³/mol. The topological polar surface area (TPSA) is 207 Å². The molecule has 0 amide bonds. The molecule has 0 saturated carbocycles. The van der Waals surface area contributed by atoms with Gasteiger partial charge in [0.05, 0.1) is 36.8 Å². The third-order valence-electron chi connectivity index (χ3n) is 4.91. The van der Waals surface area contributed by atoms with Gasteiger partial charge in [-0.1, -0.05) is 12.1 Å². The Morgan fingerprint density at radius 3 is 1.27 bits per heavy atom. The summed E-state index contributed by atoms with van der Waals surface area (Å²) in [4.78, 5) is 51.5. The average molecular weight is 568 g/mol. The Morgan fingerprint density at radius 2 is 1.10 bits per heavy atom. The highest BCUT2D eigenvalue weighted by atomic mass is 16.4. The number of amidine groups is 1. The average Bonchev–Trinajstić information content (AvgIpc) is 3.47. The summed E-state index contributed by atoms with van der Waals surface area (Å²) in [5.41, 5.74) is 0.194. The van der Waals surface area contributed by atoms with Gasteiger partial charge in [0.25, 0.3) is 0 Å². The van der Waals surface area contributed by atoms with Gasteiger partial charge in [-0.05, 0) is 42.0 Å². The minimum atomic E-state index is -1.31. The van der Waals surface area contributed by atoms with Crippen LogP contribution in [0.3, 0.4) is 0 Å². The smallest absolute Gasteiger partial charge is 0.472 e. The molecule has 0 spiro atoms. The molecule has 0 radical (unpaired) electrons. The van der Waals surface area contributed by atoms with E-state index in [9.17, 15) is 34.2 Å². The predicted octanol–water partition coefficient (Wildman–Crippen LogP) is -1.34. The molecule has 4 rings (SSSR count). The molecule has 214 valence electrons. The van der Waals surface area contributed by atoms with Crippen molar-refractivity contribution in [2.45, 2.75) is 0 Å². The first-order valence-corrected chi connectivity index (χ1v) is 11.3. The highest BCUT2D eigenvalue weighted by Crippen LogP contribution is 2.04. The van der Waals surface area contributed by atoms with E-state index in [1.54, 1.807) is 19.4 Å². The molecule has 0 atom stereocenters. The normalized spacial score (nSPS) is 11.1. The first-order valence-electron chi connectivity index (χ1n) is 11.3. The molecule has 1 aliphatic heterocycles. The van der Waals surface area contributed by atoms with Crippen LogP contribution in [0, 0.1) is 0 Å². The molecular weight excluding hydrogens is 540 g/mol. The Kier molecular flexibility index (Phi) is 12.5. The summed E-state index contributed by atoms with van der Waals surface area (Å²) >= 11 is 0. The van der Waals surface area contributed by atoms with E-state index in [0.717, 1.165) is 0 Å². The van der Waals surface area contributed by atoms with Crippen LogP contribution in [0.2, 0.25) is 0 Å². The zero-order valence-corrected chi connectivity index (χ0v) is 22.2. The van der Waals surface area contributed by atoms with E-state index >= 15 is 0 Å². The summed E-state index contributed by atoms with van der Waals surface area (Å²) < 4.78 is 6.68. The van der Waals surface area contributed by atoms with Crippen LogP contribution in [0.25, 0.3) is 0 Å². The van der Waals surface area contributed by atoms with Crippen molar-refractivity contribution in [3.8, 4) is 0 Å². The third kappa shape index (κ3) is 11.2. The summed E-state index contributed by atoms with van der Waals surface area (Å²) in [7, 11) is 5.62. The van der Waals surface area contributed by atoms with Crippen molar-refractivity contribution < 1.29 is 63.2 Å². The van der Waals surface area contributed by atoms with Crippen LogP contribution in [-0.4, -0.2) is 78.5 Å². The van der Waals surface area contributed by atoms with Gasteiger partial charge in [0.15, 0.2) is 0 Å². The molecule has 0 unspecified atom stereocenters. The lowest BCUT2D eigenvalue weighted by Gasteiger charge is -2.00. The van der Waals surface area contributed by atoms with Crippen molar-refractivity contribution in [3.05, 3.63) is 102 Å². The molecule has 41 heavy (non-hydrogen) atoms. The highest BCUT2D eigenvalue weighted by molar-refractivity contribution is 6.27. The van der Waals surface area contributed by atoms with Crippen molar-refractivity contribution in [1.29, 1.82) is 0 Å². The van der Waals surface area contributed by atoms with E-state index in [-0.39, 0.29) is 28.1 Å². The number of hydrogen-bond donors (Lipinski definition) is 3. The molecule has 3 N–H and O–H groups in total. The number of carbonyl (C=O) groups is 5. The number of rotatable bonds is 5. The van der Waals surface area contributed by atoms with Crippen molar-refractivity contribution in [1.82, 2.24) is 4.57 Å². The Balaban J connectivity index is 0.000000278. The molecule has 1 aliphatic rings. The fourth-order valence-corrected chi connectivity index (χ4v) is 2.86. The zero-order valence-electron chi connectivity index (χ0n) is 22.2. The van der Waals surface area contributed by atoms with Crippen molar-refractivity contribution in [3.63, 3.8) is 0 Å². The zero-order chi connectivity index (χ0) is 31.3. The molecule has 14 nitrogen and oxygen atoms in total. The van der Waals surface area contributed by atoms with E-state index in [2.05, 4.69) is 6.72 Å². The number of aliphatic carboxylic acids is 1. The van der Waals surface area contributed by atoms with Gasteiger partial charge in [-0.2, -0.15) is 0 Å². The number of carboxylic acids is 5. The molecule has 14 heteroatoms. The molecule has 3 aromatic rings. The third-order valence-corrected chi connectivity index (χ3v) is 4.91. The number of hydrogen-bond acceptors (Lipinski definition) is 7. The summed E-state index contributed by atoms with van der Waals surface area (Å²) in [6, 6.07) is 9.84. The largest absolute Gasteiger partial charge is 0.545 e. The maximum Gasteiger partial charge on any atom is 0.472 e. The van der Waals surface area contributed by atoms with Crippen LogP contribution >= 0.6 is 0 Å². The lowest BCUT2D eigenvalue weighted by molar-refractivity contribution is -0.670. The molecule has 0 aliphatic carbocycles. The minimum absolute atomic E-state index is 0.0278. The van der Waals surface area contributed by atoms with Crippen LogP contribution < -0.4 is 14.8 Å². The summed E-state index contributed by atoms with van der Waals surface area (Å²) in [5, 5.41) is 45.9.